The van der Waals surface area contributed by atoms with Crippen LogP contribution in [-0.4, -0.2) is 24.1 Å². The third-order valence-corrected chi connectivity index (χ3v) is 0.913. The molecule has 12 heavy (non-hydrogen) atoms. The molecule has 0 atom stereocenters. The van der Waals surface area contributed by atoms with E-state index in [0.29, 0.717) is 0 Å². The summed E-state index contributed by atoms with van der Waals surface area (Å²) in [5, 5.41) is 0. The number of hydrogen-bond donors (Lipinski definition) is 0. The number of ether oxygens (including phenoxy) is 1. The van der Waals surface area contributed by atoms with Gasteiger partial charge in [-0.05, 0) is 13.8 Å². The average molecular weight is 181 g/mol. The Morgan fingerprint density at radius 3 is 2.08 bits per heavy atom. The molecule has 0 aliphatic heterocycles. The van der Waals surface area contributed by atoms with Crippen molar-refractivity contribution in [2.75, 3.05) is 6.61 Å². The Morgan fingerprint density at radius 1 is 1.25 bits per heavy atom. The third-order valence-electron chi connectivity index (χ3n) is 0.913. The van der Waals surface area contributed by atoms with Crippen LogP contribution in [0.25, 0.3) is 0 Å². The SMILES string of the molecule is CCOC(=O)C(=O)CC(C)=O.[Na+]. The van der Waals surface area contributed by atoms with Crippen LogP contribution in [0.5, 0.6) is 0 Å². The van der Waals surface area contributed by atoms with Gasteiger partial charge in [0.25, 0.3) is 0 Å². The van der Waals surface area contributed by atoms with Gasteiger partial charge < -0.3 is 4.74 Å². The number of Topliss-reactive ketones (excluding diaryl/α,β-unsaturated/α-hetero) is 2. The second-order valence-corrected chi connectivity index (χ2v) is 2.02. The van der Waals surface area contributed by atoms with Gasteiger partial charge in [-0.15, -0.1) is 0 Å². The third kappa shape index (κ3) is 6.52. The number of rotatable bonds is 4. The minimum atomic E-state index is -0.928. The molecule has 5 heteroatoms. The Bertz CT molecular complexity index is 188. The van der Waals surface area contributed by atoms with Crippen LogP contribution in [0.2, 0.25) is 0 Å². The van der Waals surface area contributed by atoms with Crippen molar-refractivity contribution >= 4 is 17.5 Å². The van der Waals surface area contributed by atoms with E-state index < -0.39 is 11.8 Å². The number of carbonyl (C=O) groups is 3. The van der Waals surface area contributed by atoms with Crippen LogP contribution < -0.4 is 29.6 Å². The largest absolute Gasteiger partial charge is 1.00 e. The topological polar surface area (TPSA) is 60.4 Å². The van der Waals surface area contributed by atoms with Crippen LogP contribution in [-0.2, 0) is 19.1 Å². The molecule has 0 aromatic rings. The van der Waals surface area contributed by atoms with Gasteiger partial charge in [0.05, 0.1) is 13.0 Å². The van der Waals surface area contributed by atoms with Crippen molar-refractivity contribution in [1.82, 2.24) is 0 Å². The van der Waals surface area contributed by atoms with E-state index in [-0.39, 0.29) is 48.4 Å². The fraction of sp³-hybridized carbons (Fsp3) is 0.571. The summed E-state index contributed by atoms with van der Waals surface area (Å²) in [6.07, 6.45) is -0.362. The molecule has 0 bridgehead atoms. The van der Waals surface area contributed by atoms with Crippen molar-refractivity contribution in [2.24, 2.45) is 0 Å². The smallest absolute Gasteiger partial charge is 0.460 e. The zero-order valence-corrected chi connectivity index (χ0v) is 9.55. The predicted octanol–water partition coefficient (Wildman–Crippen LogP) is -2.90. The van der Waals surface area contributed by atoms with Gasteiger partial charge in [0.1, 0.15) is 5.78 Å². The summed E-state index contributed by atoms with van der Waals surface area (Å²) in [7, 11) is 0. The summed E-state index contributed by atoms with van der Waals surface area (Å²) >= 11 is 0. The molecule has 0 aromatic carbocycles. The number of hydrogen-bond acceptors (Lipinski definition) is 4. The fourth-order valence-electron chi connectivity index (χ4n) is 0.510. The number of esters is 1. The molecule has 0 fully saturated rings. The van der Waals surface area contributed by atoms with Gasteiger partial charge >= 0.3 is 35.5 Å². The van der Waals surface area contributed by atoms with E-state index in [1.54, 1.807) is 6.92 Å². The summed E-state index contributed by atoms with van der Waals surface area (Å²) in [6, 6.07) is 0. The van der Waals surface area contributed by atoms with Crippen molar-refractivity contribution in [3.8, 4) is 0 Å². The van der Waals surface area contributed by atoms with Crippen LogP contribution in [0.15, 0.2) is 0 Å². The van der Waals surface area contributed by atoms with Gasteiger partial charge in [-0.25, -0.2) is 4.79 Å². The summed E-state index contributed by atoms with van der Waals surface area (Å²) < 4.78 is 4.36. The molecule has 0 radical (unpaired) electrons. The molecule has 0 aliphatic rings. The van der Waals surface area contributed by atoms with Crippen LogP contribution in [0, 0.1) is 0 Å². The van der Waals surface area contributed by atoms with Gasteiger partial charge in [-0.2, -0.15) is 0 Å². The van der Waals surface area contributed by atoms with Crippen molar-refractivity contribution in [1.29, 1.82) is 0 Å². The van der Waals surface area contributed by atoms with E-state index >= 15 is 0 Å². The molecule has 0 spiro atoms. The van der Waals surface area contributed by atoms with E-state index in [1.807, 2.05) is 0 Å². The maximum atomic E-state index is 10.6. The number of ketones is 2. The van der Waals surface area contributed by atoms with Crippen molar-refractivity contribution in [2.45, 2.75) is 20.3 Å². The summed E-state index contributed by atoms with van der Waals surface area (Å²) in [5.41, 5.74) is 0. The zero-order valence-electron chi connectivity index (χ0n) is 7.55. The van der Waals surface area contributed by atoms with Crippen LogP contribution in [0.3, 0.4) is 0 Å². The Balaban J connectivity index is 0. The Morgan fingerprint density at radius 2 is 1.75 bits per heavy atom. The van der Waals surface area contributed by atoms with Crippen molar-refractivity contribution < 1.29 is 48.7 Å². The zero-order chi connectivity index (χ0) is 8.85. The minimum Gasteiger partial charge on any atom is -0.460 e. The van der Waals surface area contributed by atoms with E-state index in [0.717, 1.165) is 0 Å². The predicted molar refractivity (Wildman–Crippen MR) is 36.9 cm³/mol. The van der Waals surface area contributed by atoms with E-state index in [1.165, 1.54) is 6.92 Å². The first kappa shape index (κ1) is 14.3. The molecular weight excluding hydrogens is 171 g/mol. The molecule has 0 amide bonds. The summed E-state index contributed by atoms with van der Waals surface area (Å²) in [4.78, 5) is 31.5. The minimum absolute atomic E-state index is 0. The standard InChI is InChI=1S/C7H10O4.Na/c1-3-11-7(10)6(9)4-5(2)8;/h3-4H2,1-2H3;/q;+1. The van der Waals surface area contributed by atoms with Gasteiger partial charge in [-0.3, -0.25) is 9.59 Å². The normalized spacial score (nSPS) is 8.17. The first-order chi connectivity index (χ1) is 5.07. The maximum Gasteiger partial charge on any atom is 1.00 e. The quantitative estimate of drug-likeness (QED) is 0.202. The monoisotopic (exact) mass is 181 g/mol. The van der Waals surface area contributed by atoms with Crippen LogP contribution in [0.4, 0.5) is 0 Å². The molecule has 0 aliphatic carbocycles. The molecule has 0 heterocycles. The maximum absolute atomic E-state index is 10.6. The van der Waals surface area contributed by atoms with E-state index in [9.17, 15) is 14.4 Å². The first-order valence-electron chi connectivity index (χ1n) is 3.27. The second-order valence-electron chi connectivity index (χ2n) is 2.02. The van der Waals surface area contributed by atoms with Crippen molar-refractivity contribution in [3.63, 3.8) is 0 Å². The average Bonchev–Trinajstić information content (AvgIpc) is 1.86. The van der Waals surface area contributed by atoms with E-state index in [4.69, 9.17) is 0 Å². The van der Waals surface area contributed by atoms with Crippen LogP contribution >= 0.6 is 0 Å². The fourth-order valence-corrected chi connectivity index (χ4v) is 0.510. The Hall–Kier alpha value is -0.190. The molecule has 0 rings (SSSR count). The molecule has 4 nitrogen and oxygen atoms in total. The summed E-state index contributed by atoms with van der Waals surface area (Å²) in [6.45, 7) is 3.00. The molecule has 0 aromatic heterocycles. The Labute approximate surface area is 92.9 Å². The van der Waals surface area contributed by atoms with Gasteiger partial charge in [0.15, 0.2) is 0 Å². The van der Waals surface area contributed by atoms with E-state index in [2.05, 4.69) is 4.74 Å². The first-order valence-corrected chi connectivity index (χ1v) is 3.27. The Kier molecular flexibility index (Phi) is 8.91. The van der Waals surface area contributed by atoms with Gasteiger partial charge in [0.2, 0.25) is 5.78 Å². The van der Waals surface area contributed by atoms with Gasteiger partial charge in [0, 0.05) is 0 Å². The molecule has 0 saturated heterocycles. The number of carbonyl (C=O) groups excluding carboxylic acids is 3. The molecule has 62 valence electrons. The van der Waals surface area contributed by atoms with Crippen LogP contribution in [0.1, 0.15) is 20.3 Å². The second kappa shape index (κ2) is 7.46. The van der Waals surface area contributed by atoms with Gasteiger partial charge in [-0.1, -0.05) is 0 Å². The molecule has 0 saturated carbocycles. The molecule has 0 unspecified atom stereocenters. The molecule has 0 N–H and O–H groups in total. The van der Waals surface area contributed by atoms with Crippen molar-refractivity contribution in [3.05, 3.63) is 0 Å². The molecular formula is C7H10NaO4+. The summed E-state index contributed by atoms with van der Waals surface area (Å²) in [5.74, 6) is -2.04.